The minimum absolute atomic E-state index is 0.0171. The number of nitrogens with one attached hydrogen (secondary N) is 1. The average Bonchev–Trinajstić information content (AvgIpc) is 2.63. The maximum Gasteiger partial charge on any atom is 0.230 e. The minimum Gasteiger partial charge on any atom is -0.342 e. The highest BCUT2D eigenvalue weighted by Gasteiger charge is 2.33. The van der Waals surface area contributed by atoms with E-state index in [9.17, 15) is 9.59 Å². The molecule has 1 aromatic heterocycles. The summed E-state index contributed by atoms with van der Waals surface area (Å²) in [7, 11) is 0. The summed E-state index contributed by atoms with van der Waals surface area (Å²) in [5.41, 5.74) is 6.01. The van der Waals surface area contributed by atoms with Crippen LogP contribution in [0.1, 0.15) is 38.5 Å². The van der Waals surface area contributed by atoms with Crippen LogP contribution < -0.4 is 11.1 Å². The number of piperidine rings is 1. The molecule has 2 aliphatic rings. The normalized spacial score (nSPS) is 27.0. The number of hydrogen-bond acceptors (Lipinski definition) is 4. The van der Waals surface area contributed by atoms with E-state index in [2.05, 4.69) is 10.3 Å². The summed E-state index contributed by atoms with van der Waals surface area (Å²) < 4.78 is 0. The molecule has 2 fully saturated rings. The predicted octanol–water partition coefficient (Wildman–Crippen LogP) is 2.43. The lowest BCUT2D eigenvalue weighted by atomic mass is 9.84. The average molecular weight is 365 g/mol. The molecule has 25 heavy (non-hydrogen) atoms. The number of hydrogen-bond donors (Lipinski definition) is 2. The third kappa shape index (κ3) is 4.70. The van der Waals surface area contributed by atoms with Crippen LogP contribution >= 0.6 is 11.6 Å². The maximum atomic E-state index is 12.8. The van der Waals surface area contributed by atoms with E-state index in [-0.39, 0.29) is 29.7 Å². The Morgan fingerprint density at radius 1 is 1.20 bits per heavy atom. The number of halogens is 1. The molecule has 136 valence electrons. The molecule has 1 saturated heterocycles. The van der Waals surface area contributed by atoms with E-state index in [1.807, 2.05) is 4.90 Å². The number of nitrogens with two attached hydrogens (primary N) is 1. The summed E-state index contributed by atoms with van der Waals surface area (Å²) in [6.07, 6.45) is 6.82. The highest BCUT2D eigenvalue weighted by molar-refractivity contribution is 6.30. The molecule has 6 nitrogen and oxygen atoms in total. The number of carbonyl (C=O) groups is 2. The molecule has 1 aromatic rings. The van der Waals surface area contributed by atoms with Crippen molar-refractivity contribution in [2.24, 2.45) is 17.6 Å². The third-order valence-corrected chi connectivity index (χ3v) is 5.37. The van der Waals surface area contributed by atoms with Crippen LogP contribution in [0.3, 0.4) is 0 Å². The zero-order valence-corrected chi connectivity index (χ0v) is 15.0. The van der Waals surface area contributed by atoms with Gasteiger partial charge >= 0.3 is 0 Å². The van der Waals surface area contributed by atoms with Gasteiger partial charge in [-0.15, -0.1) is 0 Å². The zero-order chi connectivity index (χ0) is 17.8. The molecule has 7 heteroatoms. The molecule has 0 spiro atoms. The van der Waals surface area contributed by atoms with Gasteiger partial charge in [0.25, 0.3) is 0 Å². The summed E-state index contributed by atoms with van der Waals surface area (Å²) in [4.78, 5) is 31.2. The largest absolute Gasteiger partial charge is 0.342 e. The number of nitrogens with zero attached hydrogens (tertiary/aromatic N) is 2. The Labute approximate surface area is 153 Å². The van der Waals surface area contributed by atoms with Crippen LogP contribution in [0.15, 0.2) is 18.3 Å². The van der Waals surface area contributed by atoms with E-state index in [1.165, 1.54) is 6.20 Å². The molecule has 3 rings (SSSR count). The summed E-state index contributed by atoms with van der Waals surface area (Å²) >= 11 is 5.81. The monoisotopic (exact) mass is 364 g/mol. The van der Waals surface area contributed by atoms with Crippen LogP contribution in [0.25, 0.3) is 0 Å². The molecule has 2 heterocycles. The fourth-order valence-electron chi connectivity index (χ4n) is 3.78. The SMILES string of the molecule is NC1CCCC(C(=O)N2CCCC(C(=O)Nc3ccc(Cl)cn3)C2)C1. The molecule has 0 bridgehead atoms. The van der Waals surface area contributed by atoms with Gasteiger partial charge in [-0.1, -0.05) is 18.0 Å². The maximum absolute atomic E-state index is 12.8. The lowest BCUT2D eigenvalue weighted by Crippen LogP contribution is -2.47. The fourth-order valence-corrected chi connectivity index (χ4v) is 3.89. The van der Waals surface area contributed by atoms with Gasteiger partial charge in [-0.25, -0.2) is 4.98 Å². The zero-order valence-electron chi connectivity index (χ0n) is 14.3. The van der Waals surface area contributed by atoms with Crippen LogP contribution in [-0.4, -0.2) is 40.8 Å². The van der Waals surface area contributed by atoms with Gasteiger partial charge in [0.05, 0.1) is 10.9 Å². The van der Waals surface area contributed by atoms with Crippen molar-refractivity contribution in [3.05, 3.63) is 23.4 Å². The van der Waals surface area contributed by atoms with E-state index in [0.29, 0.717) is 17.4 Å². The van der Waals surface area contributed by atoms with E-state index >= 15 is 0 Å². The summed E-state index contributed by atoms with van der Waals surface area (Å²) in [6, 6.07) is 3.49. The van der Waals surface area contributed by atoms with Crippen LogP contribution in [0.5, 0.6) is 0 Å². The number of likely N-dealkylation sites (tertiary alicyclic amines) is 1. The van der Waals surface area contributed by atoms with Crippen LogP contribution in [0.4, 0.5) is 5.82 Å². The third-order valence-electron chi connectivity index (χ3n) is 5.15. The van der Waals surface area contributed by atoms with Gasteiger partial charge in [0.15, 0.2) is 0 Å². The van der Waals surface area contributed by atoms with Crippen molar-refractivity contribution in [3.63, 3.8) is 0 Å². The van der Waals surface area contributed by atoms with Crippen molar-refractivity contribution >= 4 is 29.2 Å². The Balaban J connectivity index is 1.57. The Hall–Kier alpha value is -1.66. The van der Waals surface area contributed by atoms with E-state index in [1.54, 1.807) is 12.1 Å². The van der Waals surface area contributed by atoms with Crippen molar-refractivity contribution in [1.82, 2.24) is 9.88 Å². The lowest BCUT2D eigenvalue weighted by molar-refractivity contribution is -0.139. The number of anilines is 1. The molecule has 1 saturated carbocycles. The first-order chi connectivity index (χ1) is 12.0. The molecular weight excluding hydrogens is 340 g/mol. The van der Waals surface area contributed by atoms with Gasteiger partial charge in [0.2, 0.25) is 11.8 Å². The lowest BCUT2D eigenvalue weighted by Gasteiger charge is -2.36. The van der Waals surface area contributed by atoms with Gasteiger partial charge in [-0.05, 0) is 44.2 Å². The number of carbonyl (C=O) groups excluding carboxylic acids is 2. The quantitative estimate of drug-likeness (QED) is 0.862. The molecule has 3 atom stereocenters. The van der Waals surface area contributed by atoms with Gasteiger partial charge in [0, 0.05) is 31.2 Å². The minimum atomic E-state index is -0.201. The van der Waals surface area contributed by atoms with Gasteiger partial charge in [-0.2, -0.15) is 0 Å². The van der Waals surface area contributed by atoms with E-state index in [4.69, 9.17) is 17.3 Å². The van der Waals surface area contributed by atoms with Crippen LogP contribution in [0, 0.1) is 11.8 Å². The van der Waals surface area contributed by atoms with Gasteiger partial charge in [0.1, 0.15) is 5.82 Å². The topological polar surface area (TPSA) is 88.3 Å². The van der Waals surface area contributed by atoms with Gasteiger partial charge in [-0.3, -0.25) is 9.59 Å². The van der Waals surface area contributed by atoms with Crippen molar-refractivity contribution in [1.29, 1.82) is 0 Å². The summed E-state index contributed by atoms with van der Waals surface area (Å²) in [5, 5.41) is 3.34. The Morgan fingerprint density at radius 3 is 2.72 bits per heavy atom. The molecule has 1 aliphatic heterocycles. The highest BCUT2D eigenvalue weighted by Crippen LogP contribution is 2.27. The Bertz CT molecular complexity index is 622. The second-order valence-corrected chi connectivity index (χ2v) is 7.53. The first-order valence-electron chi connectivity index (χ1n) is 8.99. The second-order valence-electron chi connectivity index (χ2n) is 7.10. The molecule has 3 unspecified atom stereocenters. The molecule has 2 amide bonds. The molecular formula is C18H25ClN4O2. The fraction of sp³-hybridized carbons (Fsp3) is 0.611. The van der Waals surface area contributed by atoms with Crippen LogP contribution in [0.2, 0.25) is 5.02 Å². The second kappa shape index (κ2) is 8.15. The summed E-state index contributed by atoms with van der Waals surface area (Å²) in [6.45, 7) is 1.21. The van der Waals surface area contributed by atoms with Gasteiger partial charge < -0.3 is 16.0 Å². The van der Waals surface area contributed by atoms with Crippen molar-refractivity contribution in [2.45, 2.75) is 44.6 Å². The molecule has 0 radical (unpaired) electrons. The number of pyridine rings is 1. The Morgan fingerprint density at radius 2 is 2.00 bits per heavy atom. The number of aromatic nitrogens is 1. The molecule has 0 aromatic carbocycles. The molecule has 3 N–H and O–H groups in total. The number of rotatable bonds is 3. The smallest absolute Gasteiger partial charge is 0.230 e. The predicted molar refractivity (Wildman–Crippen MR) is 97.1 cm³/mol. The first kappa shape index (κ1) is 18.1. The van der Waals surface area contributed by atoms with E-state index < -0.39 is 0 Å². The number of amides is 2. The first-order valence-corrected chi connectivity index (χ1v) is 9.37. The van der Waals surface area contributed by atoms with Crippen molar-refractivity contribution in [2.75, 3.05) is 18.4 Å². The highest BCUT2D eigenvalue weighted by atomic mass is 35.5. The van der Waals surface area contributed by atoms with Crippen molar-refractivity contribution in [3.8, 4) is 0 Å². The summed E-state index contributed by atoms with van der Waals surface area (Å²) in [5.74, 6) is 0.372. The Kier molecular flexibility index (Phi) is 5.91. The van der Waals surface area contributed by atoms with Crippen molar-refractivity contribution < 1.29 is 9.59 Å². The van der Waals surface area contributed by atoms with E-state index in [0.717, 1.165) is 45.1 Å². The standard InChI is InChI=1S/C18H25ClN4O2/c19-14-6-7-16(21-10-14)22-17(24)13-4-2-8-23(11-13)18(25)12-3-1-5-15(20)9-12/h6-7,10,12-13,15H,1-5,8-9,11,20H2,(H,21,22,24). The molecule has 1 aliphatic carbocycles. The van der Waals surface area contributed by atoms with Crippen LogP contribution in [-0.2, 0) is 9.59 Å².